The minimum absolute atomic E-state index is 0.0356. The van der Waals surface area contributed by atoms with Crippen LogP contribution in [0.25, 0.3) is 0 Å². The zero-order valence-corrected chi connectivity index (χ0v) is 11.9. The van der Waals surface area contributed by atoms with Crippen LogP contribution in [0.5, 0.6) is 0 Å². The number of nitrogens with zero attached hydrogens (tertiary/aromatic N) is 1. The van der Waals surface area contributed by atoms with E-state index in [1.54, 1.807) is 4.31 Å². The minimum atomic E-state index is -3.12. The summed E-state index contributed by atoms with van der Waals surface area (Å²) in [5.41, 5.74) is 5.48. The zero-order valence-electron chi connectivity index (χ0n) is 11.1. The molecule has 17 heavy (non-hydrogen) atoms. The molecule has 1 aliphatic carbocycles. The fourth-order valence-corrected chi connectivity index (χ4v) is 4.76. The second-order valence-corrected chi connectivity index (χ2v) is 7.32. The lowest BCUT2D eigenvalue weighted by Gasteiger charge is -2.32. The van der Waals surface area contributed by atoms with E-state index in [2.05, 4.69) is 0 Å². The van der Waals surface area contributed by atoms with Gasteiger partial charge in [0.15, 0.2) is 0 Å². The van der Waals surface area contributed by atoms with Gasteiger partial charge in [0.2, 0.25) is 10.0 Å². The van der Waals surface area contributed by atoms with E-state index in [1.165, 1.54) is 6.42 Å². The summed E-state index contributed by atoms with van der Waals surface area (Å²) in [5.74, 6) is 0. The first kappa shape index (κ1) is 14.9. The van der Waals surface area contributed by atoms with E-state index in [0.29, 0.717) is 13.1 Å². The van der Waals surface area contributed by atoms with Crippen molar-refractivity contribution >= 4 is 10.0 Å². The maximum atomic E-state index is 12.5. The first-order chi connectivity index (χ1) is 8.00. The van der Waals surface area contributed by atoms with E-state index in [4.69, 9.17) is 5.73 Å². The average Bonchev–Trinajstić information content (AvgIpc) is 2.30. The highest BCUT2D eigenvalue weighted by Crippen LogP contribution is 2.27. The van der Waals surface area contributed by atoms with Crippen LogP contribution in [-0.4, -0.2) is 37.1 Å². The molecule has 1 fully saturated rings. The standard InChI is InChI=1S/C12H26N2O2S/c1-11(2)14(10-6-9-13)17(15,16)12-7-4-3-5-8-12/h11-12H,3-10,13H2,1-2H3. The van der Waals surface area contributed by atoms with Crippen LogP contribution in [0.2, 0.25) is 0 Å². The maximum Gasteiger partial charge on any atom is 0.217 e. The van der Waals surface area contributed by atoms with E-state index in [1.807, 2.05) is 13.8 Å². The molecular formula is C12H26N2O2S. The lowest BCUT2D eigenvalue weighted by atomic mass is 10.0. The molecule has 1 rings (SSSR count). The molecule has 0 aliphatic heterocycles. The first-order valence-electron chi connectivity index (χ1n) is 6.71. The molecule has 1 saturated carbocycles. The van der Waals surface area contributed by atoms with Gasteiger partial charge in [-0.25, -0.2) is 8.42 Å². The van der Waals surface area contributed by atoms with Crippen LogP contribution >= 0.6 is 0 Å². The second-order valence-electron chi connectivity index (χ2n) is 5.15. The van der Waals surface area contributed by atoms with Crippen molar-refractivity contribution in [2.45, 2.75) is 63.7 Å². The Morgan fingerprint density at radius 1 is 1.24 bits per heavy atom. The van der Waals surface area contributed by atoms with Gasteiger partial charge in [0.05, 0.1) is 5.25 Å². The third-order valence-electron chi connectivity index (χ3n) is 3.46. The molecule has 0 aromatic rings. The molecule has 0 amide bonds. The number of hydrogen-bond donors (Lipinski definition) is 1. The van der Waals surface area contributed by atoms with Crippen molar-refractivity contribution in [1.82, 2.24) is 4.31 Å². The molecule has 0 heterocycles. The van der Waals surface area contributed by atoms with Gasteiger partial charge >= 0.3 is 0 Å². The van der Waals surface area contributed by atoms with E-state index >= 15 is 0 Å². The molecule has 0 aromatic heterocycles. The zero-order chi connectivity index (χ0) is 12.9. The van der Waals surface area contributed by atoms with Crippen molar-refractivity contribution < 1.29 is 8.42 Å². The van der Waals surface area contributed by atoms with Crippen molar-refractivity contribution in [2.24, 2.45) is 5.73 Å². The highest BCUT2D eigenvalue weighted by atomic mass is 32.2. The van der Waals surface area contributed by atoms with E-state index in [9.17, 15) is 8.42 Å². The Morgan fingerprint density at radius 3 is 2.29 bits per heavy atom. The molecule has 0 bridgehead atoms. The van der Waals surface area contributed by atoms with Crippen LogP contribution in [0.4, 0.5) is 0 Å². The van der Waals surface area contributed by atoms with Crippen molar-refractivity contribution in [1.29, 1.82) is 0 Å². The molecule has 1 aliphatic rings. The first-order valence-corrected chi connectivity index (χ1v) is 8.21. The highest BCUT2D eigenvalue weighted by molar-refractivity contribution is 7.89. The maximum absolute atomic E-state index is 12.5. The van der Waals surface area contributed by atoms with Crippen LogP contribution < -0.4 is 5.73 Å². The third kappa shape index (κ3) is 3.93. The van der Waals surface area contributed by atoms with Gasteiger partial charge in [0.1, 0.15) is 0 Å². The number of nitrogens with two attached hydrogens (primary N) is 1. The summed E-state index contributed by atoms with van der Waals surface area (Å²) >= 11 is 0. The summed E-state index contributed by atoms with van der Waals surface area (Å²) < 4.78 is 26.7. The Labute approximate surface area is 106 Å². The smallest absolute Gasteiger partial charge is 0.217 e. The molecule has 4 nitrogen and oxygen atoms in total. The molecular weight excluding hydrogens is 236 g/mol. The summed E-state index contributed by atoms with van der Waals surface area (Å²) in [6.45, 7) is 4.99. The van der Waals surface area contributed by atoms with Gasteiger partial charge in [-0.1, -0.05) is 19.3 Å². The normalized spacial score (nSPS) is 19.1. The summed E-state index contributed by atoms with van der Waals surface area (Å²) in [6, 6.07) is 0.0356. The second kappa shape index (κ2) is 6.71. The van der Waals surface area contributed by atoms with Crippen LogP contribution in [0.15, 0.2) is 0 Å². The SMILES string of the molecule is CC(C)N(CCCN)S(=O)(=O)C1CCCCC1. The monoisotopic (exact) mass is 262 g/mol. The quantitative estimate of drug-likeness (QED) is 0.792. The van der Waals surface area contributed by atoms with Gasteiger partial charge in [0.25, 0.3) is 0 Å². The summed E-state index contributed by atoms with van der Waals surface area (Å²) in [4.78, 5) is 0. The third-order valence-corrected chi connectivity index (χ3v) is 6.03. The molecule has 0 unspecified atom stereocenters. The molecule has 0 saturated heterocycles. The highest BCUT2D eigenvalue weighted by Gasteiger charge is 2.33. The van der Waals surface area contributed by atoms with Crippen LogP contribution in [0.1, 0.15) is 52.4 Å². The summed E-state index contributed by atoms with van der Waals surface area (Å²) in [6.07, 6.45) is 5.67. The van der Waals surface area contributed by atoms with E-state index in [-0.39, 0.29) is 11.3 Å². The number of rotatable bonds is 6. The largest absolute Gasteiger partial charge is 0.330 e. The summed E-state index contributed by atoms with van der Waals surface area (Å²) in [5, 5.41) is -0.156. The predicted octanol–water partition coefficient (Wildman–Crippen LogP) is 1.71. The van der Waals surface area contributed by atoms with E-state index < -0.39 is 10.0 Å². The molecule has 0 spiro atoms. The lowest BCUT2D eigenvalue weighted by molar-refractivity contribution is 0.337. The number of sulfonamides is 1. The van der Waals surface area contributed by atoms with Gasteiger partial charge < -0.3 is 5.73 Å². The number of hydrogen-bond acceptors (Lipinski definition) is 3. The Morgan fingerprint density at radius 2 is 1.82 bits per heavy atom. The van der Waals surface area contributed by atoms with Crippen molar-refractivity contribution in [3.05, 3.63) is 0 Å². The van der Waals surface area contributed by atoms with Gasteiger partial charge in [-0.15, -0.1) is 0 Å². The van der Waals surface area contributed by atoms with Crippen LogP contribution in [0, 0.1) is 0 Å². The Balaban J connectivity index is 2.75. The fraction of sp³-hybridized carbons (Fsp3) is 1.00. The van der Waals surface area contributed by atoms with Gasteiger partial charge in [0, 0.05) is 12.6 Å². The molecule has 102 valence electrons. The van der Waals surface area contributed by atoms with Gasteiger partial charge in [-0.3, -0.25) is 0 Å². The van der Waals surface area contributed by atoms with Gasteiger partial charge in [-0.2, -0.15) is 4.31 Å². The van der Waals surface area contributed by atoms with Crippen LogP contribution in [-0.2, 0) is 10.0 Å². The van der Waals surface area contributed by atoms with Gasteiger partial charge in [-0.05, 0) is 39.7 Å². The molecule has 0 radical (unpaired) electrons. The van der Waals surface area contributed by atoms with Crippen molar-refractivity contribution in [3.8, 4) is 0 Å². The molecule has 5 heteroatoms. The van der Waals surface area contributed by atoms with Crippen molar-refractivity contribution in [2.75, 3.05) is 13.1 Å². The lowest BCUT2D eigenvalue weighted by Crippen LogP contribution is -2.44. The molecule has 2 N–H and O–H groups in total. The fourth-order valence-electron chi connectivity index (χ4n) is 2.48. The Kier molecular flexibility index (Phi) is 5.89. The summed E-state index contributed by atoms with van der Waals surface area (Å²) in [7, 11) is -3.12. The van der Waals surface area contributed by atoms with Crippen LogP contribution in [0.3, 0.4) is 0 Å². The minimum Gasteiger partial charge on any atom is -0.330 e. The van der Waals surface area contributed by atoms with E-state index in [0.717, 1.165) is 32.1 Å². The molecule has 0 aromatic carbocycles. The predicted molar refractivity (Wildman–Crippen MR) is 71.3 cm³/mol. The molecule has 0 atom stereocenters. The van der Waals surface area contributed by atoms with Crippen molar-refractivity contribution in [3.63, 3.8) is 0 Å². The Bertz CT molecular complexity index is 308. The topological polar surface area (TPSA) is 63.4 Å². The average molecular weight is 262 g/mol. The Hall–Kier alpha value is -0.130.